The smallest absolute Gasteiger partial charge is 0.107 e. The first-order valence-electron chi connectivity index (χ1n) is 5.91. The molecule has 0 saturated heterocycles. The first-order chi connectivity index (χ1) is 7.75. The molecule has 2 N–H and O–H groups in total. The molecule has 3 nitrogen and oxygen atoms in total. The molecule has 1 aliphatic carbocycles. The van der Waals surface area contributed by atoms with Gasteiger partial charge < -0.3 is 10.1 Å². The van der Waals surface area contributed by atoms with Gasteiger partial charge in [-0.2, -0.15) is 0 Å². The first kappa shape index (κ1) is 9.85. The van der Waals surface area contributed by atoms with Crippen LogP contribution in [0.2, 0.25) is 0 Å². The summed E-state index contributed by atoms with van der Waals surface area (Å²) >= 11 is 0. The molecule has 1 saturated carbocycles. The summed E-state index contributed by atoms with van der Waals surface area (Å²) in [5, 5.41) is 9.72. The molecule has 3 rings (SSSR count). The van der Waals surface area contributed by atoms with E-state index in [1.54, 1.807) is 0 Å². The number of nitrogens with zero attached hydrogens (tertiary/aromatic N) is 1. The molecule has 0 aliphatic heterocycles. The summed E-state index contributed by atoms with van der Waals surface area (Å²) < 4.78 is 0. The van der Waals surface area contributed by atoms with Crippen molar-refractivity contribution in [3.8, 4) is 0 Å². The molecule has 1 heterocycles. The average molecular weight is 216 g/mol. The minimum Gasteiger partial charge on any atom is -0.390 e. The Morgan fingerprint density at radius 1 is 1.31 bits per heavy atom. The topological polar surface area (TPSA) is 48.9 Å². The highest BCUT2D eigenvalue weighted by Crippen LogP contribution is 2.39. The number of aromatic amines is 1. The largest absolute Gasteiger partial charge is 0.390 e. The number of hydrogen-bond donors (Lipinski definition) is 2. The van der Waals surface area contributed by atoms with Gasteiger partial charge >= 0.3 is 0 Å². The zero-order chi connectivity index (χ0) is 11.0. The molecule has 0 unspecified atom stereocenters. The van der Waals surface area contributed by atoms with Crippen LogP contribution in [0.3, 0.4) is 0 Å². The molecule has 2 aromatic rings. The van der Waals surface area contributed by atoms with Crippen LogP contribution >= 0.6 is 0 Å². The minimum absolute atomic E-state index is 0.327. The van der Waals surface area contributed by atoms with Crippen molar-refractivity contribution in [1.82, 2.24) is 9.97 Å². The van der Waals surface area contributed by atoms with Crippen LogP contribution in [0.15, 0.2) is 24.3 Å². The van der Waals surface area contributed by atoms with Gasteiger partial charge in [0.15, 0.2) is 0 Å². The summed E-state index contributed by atoms with van der Waals surface area (Å²) in [4.78, 5) is 7.82. The van der Waals surface area contributed by atoms with Gasteiger partial charge in [0.2, 0.25) is 0 Å². The van der Waals surface area contributed by atoms with E-state index < -0.39 is 0 Å². The van der Waals surface area contributed by atoms with Gasteiger partial charge in [0.1, 0.15) is 5.82 Å². The lowest BCUT2D eigenvalue weighted by molar-refractivity contribution is 0.137. The third kappa shape index (κ3) is 1.95. The number of aliphatic hydroxyl groups is 1. The summed E-state index contributed by atoms with van der Waals surface area (Å²) in [7, 11) is 0. The number of aryl methyl sites for hydroxylation is 1. The standard InChI is InChI=1S/C13H16N2O/c16-13(8-9-13)7-3-6-12-14-10-4-1-2-5-11(10)15-12/h1-2,4-5,16H,3,6-9H2,(H,14,15). The van der Waals surface area contributed by atoms with E-state index in [0.29, 0.717) is 0 Å². The summed E-state index contributed by atoms with van der Waals surface area (Å²) in [5.41, 5.74) is 1.80. The van der Waals surface area contributed by atoms with Crippen molar-refractivity contribution >= 4 is 11.0 Å². The highest BCUT2D eigenvalue weighted by Gasteiger charge is 2.39. The lowest BCUT2D eigenvalue weighted by Gasteiger charge is -2.04. The van der Waals surface area contributed by atoms with Crippen LogP contribution < -0.4 is 0 Å². The number of rotatable bonds is 4. The predicted molar refractivity (Wildman–Crippen MR) is 63.2 cm³/mol. The molecule has 0 radical (unpaired) electrons. The van der Waals surface area contributed by atoms with Crippen LogP contribution in [0, 0.1) is 0 Å². The van der Waals surface area contributed by atoms with E-state index in [2.05, 4.69) is 9.97 Å². The number of para-hydroxylation sites is 2. The Hall–Kier alpha value is -1.35. The third-order valence-electron chi connectivity index (χ3n) is 3.32. The van der Waals surface area contributed by atoms with Gasteiger partial charge in [-0.25, -0.2) is 4.98 Å². The molecule has 1 aliphatic rings. The lowest BCUT2D eigenvalue weighted by Crippen LogP contribution is -2.06. The zero-order valence-corrected chi connectivity index (χ0v) is 9.24. The molecular formula is C13H16N2O. The van der Waals surface area contributed by atoms with Crippen LogP contribution in [-0.2, 0) is 6.42 Å². The van der Waals surface area contributed by atoms with Gasteiger partial charge in [0.25, 0.3) is 0 Å². The SMILES string of the molecule is OC1(CCCc2nc3ccccc3[nH]2)CC1. The van der Waals surface area contributed by atoms with Crippen LogP contribution in [0.25, 0.3) is 11.0 Å². The molecular weight excluding hydrogens is 200 g/mol. The lowest BCUT2D eigenvalue weighted by atomic mass is 10.1. The number of fused-ring (bicyclic) bond motifs is 1. The second-order valence-electron chi connectivity index (χ2n) is 4.78. The van der Waals surface area contributed by atoms with E-state index in [1.165, 1.54) is 0 Å². The molecule has 3 heteroatoms. The Morgan fingerprint density at radius 3 is 2.88 bits per heavy atom. The fraction of sp³-hybridized carbons (Fsp3) is 0.462. The summed E-state index contributed by atoms with van der Waals surface area (Å²) in [6.45, 7) is 0. The van der Waals surface area contributed by atoms with E-state index >= 15 is 0 Å². The number of hydrogen-bond acceptors (Lipinski definition) is 2. The summed E-state index contributed by atoms with van der Waals surface area (Å²) in [6, 6.07) is 8.07. The molecule has 0 atom stereocenters. The molecule has 1 aromatic carbocycles. The monoisotopic (exact) mass is 216 g/mol. The average Bonchev–Trinajstić information content (AvgIpc) is 2.87. The fourth-order valence-electron chi connectivity index (χ4n) is 2.10. The molecule has 0 bridgehead atoms. The van der Waals surface area contributed by atoms with Gasteiger partial charge in [-0.05, 0) is 37.8 Å². The zero-order valence-electron chi connectivity index (χ0n) is 9.24. The van der Waals surface area contributed by atoms with E-state index in [4.69, 9.17) is 0 Å². The molecule has 84 valence electrons. The second-order valence-corrected chi connectivity index (χ2v) is 4.78. The number of nitrogens with one attached hydrogen (secondary N) is 1. The molecule has 16 heavy (non-hydrogen) atoms. The number of imidazole rings is 1. The molecule has 1 aromatic heterocycles. The first-order valence-corrected chi connectivity index (χ1v) is 5.91. The van der Waals surface area contributed by atoms with E-state index in [0.717, 1.165) is 49.0 Å². The van der Waals surface area contributed by atoms with Crippen molar-refractivity contribution in [3.63, 3.8) is 0 Å². The highest BCUT2D eigenvalue weighted by atomic mass is 16.3. The van der Waals surface area contributed by atoms with Crippen LogP contribution in [-0.4, -0.2) is 20.7 Å². The van der Waals surface area contributed by atoms with Crippen molar-refractivity contribution in [2.24, 2.45) is 0 Å². The molecule has 0 spiro atoms. The van der Waals surface area contributed by atoms with Crippen LogP contribution in [0.5, 0.6) is 0 Å². The van der Waals surface area contributed by atoms with Gasteiger partial charge in [-0.15, -0.1) is 0 Å². The predicted octanol–water partition coefficient (Wildman–Crippen LogP) is 2.41. The number of aromatic nitrogens is 2. The van der Waals surface area contributed by atoms with Gasteiger partial charge in [0.05, 0.1) is 16.6 Å². The van der Waals surface area contributed by atoms with Crippen molar-refractivity contribution in [2.75, 3.05) is 0 Å². The van der Waals surface area contributed by atoms with Crippen LogP contribution in [0.1, 0.15) is 31.5 Å². The Bertz CT molecular complexity index is 466. The quantitative estimate of drug-likeness (QED) is 0.824. The highest BCUT2D eigenvalue weighted by molar-refractivity contribution is 5.74. The Balaban J connectivity index is 1.65. The Morgan fingerprint density at radius 2 is 2.12 bits per heavy atom. The normalized spacial score (nSPS) is 17.8. The van der Waals surface area contributed by atoms with Gasteiger partial charge in [-0.1, -0.05) is 12.1 Å². The van der Waals surface area contributed by atoms with Gasteiger partial charge in [-0.3, -0.25) is 0 Å². The maximum absolute atomic E-state index is 9.72. The fourth-order valence-corrected chi connectivity index (χ4v) is 2.10. The maximum atomic E-state index is 9.72. The molecule has 0 amide bonds. The third-order valence-corrected chi connectivity index (χ3v) is 3.32. The summed E-state index contributed by atoms with van der Waals surface area (Å²) in [5.74, 6) is 1.03. The summed E-state index contributed by atoms with van der Waals surface area (Å²) in [6.07, 6.45) is 4.80. The van der Waals surface area contributed by atoms with Crippen molar-refractivity contribution in [2.45, 2.75) is 37.7 Å². The minimum atomic E-state index is -0.327. The Labute approximate surface area is 94.5 Å². The van der Waals surface area contributed by atoms with E-state index in [9.17, 15) is 5.11 Å². The second kappa shape index (κ2) is 3.59. The van der Waals surface area contributed by atoms with E-state index in [-0.39, 0.29) is 5.60 Å². The van der Waals surface area contributed by atoms with E-state index in [1.807, 2.05) is 24.3 Å². The maximum Gasteiger partial charge on any atom is 0.107 e. The van der Waals surface area contributed by atoms with Gasteiger partial charge in [0, 0.05) is 6.42 Å². The Kier molecular flexibility index (Phi) is 2.21. The van der Waals surface area contributed by atoms with Crippen molar-refractivity contribution < 1.29 is 5.11 Å². The van der Waals surface area contributed by atoms with Crippen molar-refractivity contribution in [3.05, 3.63) is 30.1 Å². The number of H-pyrrole nitrogens is 1. The van der Waals surface area contributed by atoms with Crippen molar-refractivity contribution in [1.29, 1.82) is 0 Å². The molecule has 1 fully saturated rings. The number of benzene rings is 1. The van der Waals surface area contributed by atoms with Crippen LogP contribution in [0.4, 0.5) is 0 Å².